The minimum Gasteiger partial charge on any atom is -0.490 e. The Morgan fingerprint density at radius 3 is 1.47 bits per heavy atom. The number of aryl methyl sites for hydroxylation is 1. The summed E-state index contributed by atoms with van der Waals surface area (Å²) in [6.07, 6.45) is 30.0. The molecule has 0 aromatic heterocycles. The summed E-state index contributed by atoms with van der Waals surface area (Å²) in [5.41, 5.74) is 1.18. The molecule has 10 nitrogen and oxygen atoms in total. The molecule has 0 aliphatic carbocycles. The second kappa shape index (κ2) is 44.1. The highest BCUT2D eigenvalue weighted by atomic mass is 17.1. The highest BCUT2D eigenvalue weighted by molar-refractivity contribution is 5.69. The van der Waals surface area contributed by atoms with Crippen molar-refractivity contribution in [2.75, 3.05) is 72.7 Å². The third-order valence-corrected chi connectivity index (χ3v) is 10.6. The highest BCUT2D eigenvalue weighted by Gasteiger charge is 2.10. The van der Waals surface area contributed by atoms with Crippen LogP contribution in [0.4, 0.5) is 0 Å². The van der Waals surface area contributed by atoms with Crippen LogP contribution in [0.25, 0.3) is 0 Å². The Morgan fingerprint density at radius 2 is 0.915 bits per heavy atom. The molecule has 1 rings (SSSR count). The molecule has 0 fully saturated rings. The van der Waals surface area contributed by atoms with Gasteiger partial charge in [0.25, 0.3) is 0 Å². The maximum Gasteiger partial charge on any atom is 0.305 e. The molecule has 0 saturated heterocycles. The summed E-state index contributed by atoms with van der Waals surface area (Å²) >= 11 is 0. The molecule has 0 amide bonds. The summed E-state index contributed by atoms with van der Waals surface area (Å²) in [7, 11) is 0. The Hall–Kier alpha value is -1.95. The van der Waals surface area contributed by atoms with E-state index in [1.165, 1.54) is 102 Å². The normalized spacial score (nSPS) is 11.9. The summed E-state index contributed by atoms with van der Waals surface area (Å²) in [5.74, 6) is 1.58. The Morgan fingerprint density at radius 1 is 0.475 bits per heavy atom. The molecule has 1 atom stereocenters. The van der Waals surface area contributed by atoms with Crippen molar-refractivity contribution in [2.24, 2.45) is 0 Å². The van der Waals surface area contributed by atoms with Gasteiger partial charge in [0, 0.05) is 32.7 Å². The van der Waals surface area contributed by atoms with E-state index in [0.717, 1.165) is 88.9 Å². The molecule has 0 bridgehead atoms. The SMILES string of the molecule is CCCCCCOCCOCCOC(=O)CCCCCCCCCCOc1cc(C)ccc1OCCCCCCCCCCC(CCOCCOCCCCCC)OO. The number of hydrogen-bond acceptors (Lipinski definition) is 10. The van der Waals surface area contributed by atoms with Gasteiger partial charge in [-0.2, -0.15) is 0 Å². The van der Waals surface area contributed by atoms with E-state index in [1.54, 1.807) is 0 Å². The van der Waals surface area contributed by atoms with Crippen LogP contribution in [0.5, 0.6) is 11.5 Å². The van der Waals surface area contributed by atoms with Gasteiger partial charge in [-0.1, -0.05) is 142 Å². The quantitative estimate of drug-likeness (QED) is 0.0295. The van der Waals surface area contributed by atoms with Crippen molar-refractivity contribution >= 4 is 5.97 Å². The van der Waals surface area contributed by atoms with Gasteiger partial charge in [-0.25, -0.2) is 4.89 Å². The van der Waals surface area contributed by atoms with E-state index in [-0.39, 0.29) is 12.1 Å². The molecule has 0 aliphatic rings. The first-order chi connectivity index (χ1) is 29.1. The van der Waals surface area contributed by atoms with Gasteiger partial charge in [0.05, 0.1) is 52.4 Å². The average Bonchev–Trinajstić information content (AvgIpc) is 3.24. The maximum absolute atomic E-state index is 12.0. The smallest absolute Gasteiger partial charge is 0.305 e. The zero-order valence-corrected chi connectivity index (χ0v) is 38.3. The minimum absolute atomic E-state index is 0.124. The van der Waals surface area contributed by atoms with E-state index < -0.39 is 0 Å². The number of rotatable bonds is 47. The monoisotopic (exact) mass is 839 g/mol. The van der Waals surface area contributed by atoms with Crippen LogP contribution in [-0.2, 0) is 33.4 Å². The van der Waals surface area contributed by atoms with Crippen molar-refractivity contribution in [1.82, 2.24) is 0 Å². The molecule has 346 valence electrons. The topological polar surface area (TPSA) is 111 Å². The number of carbonyl (C=O) groups excluding carboxylic acids is 1. The number of unbranched alkanes of at least 4 members (excludes halogenated alkanes) is 20. The lowest BCUT2D eigenvalue weighted by Crippen LogP contribution is -2.15. The predicted octanol–water partition coefficient (Wildman–Crippen LogP) is 12.8. The molecule has 1 aromatic carbocycles. The van der Waals surface area contributed by atoms with Crippen LogP contribution < -0.4 is 9.47 Å². The van der Waals surface area contributed by atoms with Gasteiger partial charge < -0.3 is 33.2 Å². The Balaban J connectivity index is 1.94. The first-order valence-corrected chi connectivity index (χ1v) is 24.2. The van der Waals surface area contributed by atoms with Crippen LogP contribution >= 0.6 is 0 Å². The number of hydrogen-bond donors (Lipinski definition) is 1. The van der Waals surface area contributed by atoms with Crippen LogP contribution in [0.1, 0.15) is 193 Å². The molecule has 1 unspecified atom stereocenters. The summed E-state index contributed by atoms with van der Waals surface area (Å²) < 4.78 is 39.9. The second-order valence-electron chi connectivity index (χ2n) is 16.2. The average molecular weight is 839 g/mol. The number of carbonyl (C=O) groups is 1. The summed E-state index contributed by atoms with van der Waals surface area (Å²) in [4.78, 5) is 16.6. The molecule has 0 aliphatic heterocycles. The van der Waals surface area contributed by atoms with Crippen LogP contribution in [0.15, 0.2) is 18.2 Å². The Labute approximate surface area is 361 Å². The molecule has 0 spiro atoms. The van der Waals surface area contributed by atoms with E-state index in [2.05, 4.69) is 32.9 Å². The fourth-order valence-electron chi connectivity index (χ4n) is 6.84. The van der Waals surface area contributed by atoms with E-state index >= 15 is 0 Å². The van der Waals surface area contributed by atoms with Crippen LogP contribution in [0, 0.1) is 6.92 Å². The van der Waals surface area contributed by atoms with E-state index in [9.17, 15) is 10.1 Å². The summed E-state index contributed by atoms with van der Waals surface area (Å²) in [5, 5.41) is 9.26. The first kappa shape index (κ1) is 55.1. The number of benzene rings is 1. The molecule has 1 N–H and O–H groups in total. The number of esters is 1. The van der Waals surface area contributed by atoms with Gasteiger partial charge in [0.2, 0.25) is 0 Å². The van der Waals surface area contributed by atoms with Crippen molar-refractivity contribution in [2.45, 2.75) is 200 Å². The van der Waals surface area contributed by atoms with E-state index in [0.29, 0.717) is 72.3 Å². The Kier molecular flexibility index (Phi) is 41.2. The fraction of sp³-hybridized carbons (Fsp3) is 0.857. The van der Waals surface area contributed by atoms with E-state index in [1.807, 2.05) is 6.07 Å². The first-order valence-electron chi connectivity index (χ1n) is 24.2. The second-order valence-corrected chi connectivity index (χ2v) is 16.2. The van der Waals surface area contributed by atoms with Crippen molar-refractivity contribution < 1.29 is 48.1 Å². The van der Waals surface area contributed by atoms with Gasteiger partial charge in [-0.05, 0) is 63.1 Å². The van der Waals surface area contributed by atoms with Crippen LogP contribution in [-0.4, -0.2) is 90.0 Å². The van der Waals surface area contributed by atoms with Crippen molar-refractivity contribution in [3.63, 3.8) is 0 Å². The lowest BCUT2D eigenvalue weighted by atomic mass is 10.0. The maximum atomic E-state index is 12.0. The minimum atomic E-state index is -0.147. The summed E-state index contributed by atoms with van der Waals surface area (Å²) in [6, 6.07) is 6.22. The fourth-order valence-corrected chi connectivity index (χ4v) is 6.84. The van der Waals surface area contributed by atoms with E-state index in [4.69, 9.17) is 38.0 Å². The molecule has 0 radical (unpaired) electrons. The molecule has 0 heterocycles. The van der Waals surface area contributed by atoms with Gasteiger partial charge in [-0.15, -0.1) is 0 Å². The standard InChI is InChI=1S/C49H90O10/c1-4-6-8-24-33-52-38-40-54-37-32-46(59-51)28-22-18-14-10-12-16-20-26-35-56-47-31-30-45(3)44-48(47)57-36-27-21-17-13-11-15-19-23-29-49(50)58-43-42-55-41-39-53-34-25-9-7-5-2/h30-31,44,46,51H,4-29,32-43H2,1-3H3. The van der Waals surface area contributed by atoms with Crippen molar-refractivity contribution in [3.05, 3.63) is 23.8 Å². The Bertz CT molecular complexity index is 1020. The molecule has 10 heteroatoms. The molecule has 59 heavy (non-hydrogen) atoms. The predicted molar refractivity (Wildman–Crippen MR) is 240 cm³/mol. The third kappa shape index (κ3) is 37.5. The van der Waals surface area contributed by atoms with Crippen LogP contribution in [0.3, 0.4) is 0 Å². The number of ether oxygens (including phenoxy) is 7. The van der Waals surface area contributed by atoms with Crippen LogP contribution in [0.2, 0.25) is 0 Å². The van der Waals surface area contributed by atoms with Crippen molar-refractivity contribution in [3.8, 4) is 11.5 Å². The third-order valence-electron chi connectivity index (χ3n) is 10.6. The molecule has 1 aromatic rings. The van der Waals surface area contributed by atoms with Gasteiger partial charge in [0.1, 0.15) is 6.61 Å². The van der Waals surface area contributed by atoms with Gasteiger partial charge >= 0.3 is 5.97 Å². The lowest BCUT2D eigenvalue weighted by Gasteiger charge is -2.14. The lowest BCUT2D eigenvalue weighted by molar-refractivity contribution is -0.282. The molecular weight excluding hydrogens is 749 g/mol. The molecular formula is C49H90O10. The zero-order chi connectivity index (χ0) is 42.5. The van der Waals surface area contributed by atoms with Gasteiger partial charge in [0.15, 0.2) is 11.5 Å². The zero-order valence-electron chi connectivity index (χ0n) is 38.3. The van der Waals surface area contributed by atoms with Crippen molar-refractivity contribution in [1.29, 1.82) is 0 Å². The largest absolute Gasteiger partial charge is 0.490 e. The highest BCUT2D eigenvalue weighted by Crippen LogP contribution is 2.29. The van der Waals surface area contributed by atoms with Gasteiger partial charge in [-0.3, -0.25) is 10.1 Å². The molecule has 0 saturated carbocycles. The summed E-state index contributed by atoms with van der Waals surface area (Å²) in [6.45, 7) is 13.3.